The molecule has 0 saturated carbocycles. The second kappa shape index (κ2) is 6.69. The zero-order valence-corrected chi connectivity index (χ0v) is 11.0. The molecule has 0 spiro atoms. The fourth-order valence-corrected chi connectivity index (χ4v) is 1.81. The van der Waals surface area contributed by atoms with Gasteiger partial charge in [0.2, 0.25) is 0 Å². The maximum atomic E-state index is 10.1. The first kappa shape index (κ1) is 14.1. The molecule has 96 valence electrons. The molecule has 1 atom stereocenters. The molecule has 5 heteroatoms. The van der Waals surface area contributed by atoms with E-state index in [9.17, 15) is 5.11 Å². The van der Waals surface area contributed by atoms with Gasteiger partial charge in [-0.1, -0.05) is 11.6 Å². The van der Waals surface area contributed by atoms with Crippen molar-refractivity contribution in [1.29, 1.82) is 0 Å². The van der Waals surface area contributed by atoms with Crippen LogP contribution in [0.15, 0.2) is 12.1 Å². The van der Waals surface area contributed by atoms with Gasteiger partial charge in [-0.25, -0.2) is 0 Å². The summed E-state index contributed by atoms with van der Waals surface area (Å²) in [7, 11) is 4.93. The zero-order valence-electron chi connectivity index (χ0n) is 10.3. The Kier molecular flexibility index (Phi) is 5.55. The van der Waals surface area contributed by atoms with E-state index in [4.69, 9.17) is 21.1 Å². The fourth-order valence-electron chi connectivity index (χ4n) is 1.58. The molecule has 2 N–H and O–H groups in total. The van der Waals surface area contributed by atoms with E-state index in [0.29, 0.717) is 28.5 Å². The van der Waals surface area contributed by atoms with Crippen LogP contribution < -0.4 is 14.8 Å². The van der Waals surface area contributed by atoms with Crippen molar-refractivity contribution in [1.82, 2.24) is 5.32 Å². The summed E-state index contributed by atoms with van der Waals surface area (Å²) < 4.78 is 10.3. The normalized spacial score (nSPS) is 12.3. The average Bonchev–Trinajstić information content (AvgIpc) is 2.35. The standard InChI is InChI=1S/C12H18ClNO3/c1-14-5-4-10(15)8-6-12(17-3)9(13)7-11(8)16-2/h6-7,10,14-15H,4-5H2,1-3H3. The van der Waals surface area contributed by atoms with Crippen LogP contribution in [0.25, 0.3) is 0 Å². The zero-order chi connectivity index (χ0) is 12.8. The average molecular weight is 260 g/mol. The van der Waals surface area contributed by atoms with Crippen LogP contribution in [0.5, 0.6) is 11.5 Å². The van der Waals surface area contributed by atoms with Gasteiger partial charge in [-0.3, -0.25) is 0 Å². The Bertz CT molecular complexity index is 371. The van der Waals surface area contributed by atoms with E-state index >= 15 is 0 Å². The molecule has 0 heterocycles. The van der Waals surface area contributed by atoms with Gasteiger partial charge in [-0.05, 0) is 26.1 Å². The summed E-state index contributed by atoms with van der Waals surface area (Å²) in [5.41, 5.74) is 0.684. The van der Waals surface area contributed by atoms with E-state index in [1.54, 1.807) is 19.2 Å². The SMILES string of the molecule is CNCCC(O)c1cc(OC)c(Cl)cc1OC. The Morgan fingerprint density at radius 2 is 1.94 bits per heavy atom. The minimum absolute atomic E-state index is 0.467. The fraction of sp³-hybridized carbons (Fsp3) is 0.500. The van der Waals surface area contributed by atoms with Crippen LogP contribution in [-0.4, -0.2) is 32.9 Å². The van der Waals surface area contributed by atoms with Crippen molar-refractivity contribution in [3.63, 3.8) is 0 Å². The summed E-state index contributed by atoms with van der Waals surface area (Å²) >= 11 is 5.99. The molecule has 0 amide bonds. The first-order valence-electron chi connectivity index (χ1n) is 5.38. The Hall–Kier alpha value is -0.970. The van der Waals surface area contributed by atoms with E-state index in [1.807, 2.05) is 7.05 Å². The number of rotatable bonds is 6. The van der Waals surface area contributed by atoms with Gasteiger partial charge in [-0.15, -0.1) is 0 Å². The minimum Gasteiger partial charge on any atom is -0.496 e. The number of benzene rings is 1. The van der Waals surface area contributed by atoms with E-state index in [1.165, 1.54) is 7.11 Å². The summed E-state index contributed by atoms with van der Waals surface area (Å²) in [4.78, 5) is 0. The quantitative estimate of drug-likeness (QED) is 0.821. The third-order valence-electron chi connectivity index (χ3n) is 2.53. The Balaban J connectivity index is 3.02. The maximum Gasteiger partial charge on any atom is 0.138 e. The smallest absolute Gasteiger partial charge is 0.138 e. The van der Waals surface area contributed by atoms with Crippen molar-refractivity contribution in [2.45, 2.75) is 12.5 Å². The van der Waals surface area contributed by atoms with E-state index < -0.39 is 6.10 Å². The van der Waals surface area contributed by atoms with Crippen LogP contribution in [-0.2, 0) is 0 Å². The van der Waals surface area contributed by atoms with E-state index in [-0.39, 0.29) is 0 Å². The summed E-state index contributed by atoms with van der Waals surface area (Å²) in [6, 6.07) is 3.36. The topological polar surface area (TPSA) is 50.7 Å². The highest BCUT2D eigenvalue weighted by molar-refractivity contribution is 6.32. The largest absolute Gasteiger partial charge is 0.496 e. The number of hydrogen-bond donors (Lipinski definition) is 2. The molecule has 1 aromatic rings. The lowest BCUT2D eigenvalue weighted by atomic mass is 10.0. The van der Waals surface area contributed by atoms with Crippen LogP contribution in [0.2, 0.25) is 5.02 Å². The van der Waals surface area contributed by atoms with Crippen molar-refractivity contribution >= 4 is 11.6 Å². The molecule has 0 fully saturated rings. The monoisotopic (exact) mass is 259 g/mol. The molecule has 0 aliphatic rings. The summed E-state index contributed by atoms with van der Waals surface area (Å²) in [6.07, 6.45) is -0.0129. The molecule has 1 aromatic carbocycles. The molecular weight excluding hydrogens is 242 g/mol. The Labute approximate surface area is 106 Å². The number of ether oxygens (including phenoxy) is 2. The van der Waals surface area contributed by atoms with E-state index in [2.05, 4.69) is 5.32 Å². The van der Waals surface area contributed by atoms with Gasteiger partial charge in [-0.2, -0.15) is 0 Å². The number of hydrogen-bond acceptors (Lipinski definition) is 4. The molecule has 0 aromatic heterocycles. The van der Waals surface area contributed by atoms with Crippen LogP contribution in [0.3, 0.4) is 0 Å². The second-order valence-corrected chi connectivity index (χ2v) is 4.04. The van der Waals surface area contributed by atoms with Gasteiger partial charge in [0, 0.05) is 11.6 Å². The van der Waals surface area contributed by atoms with Gasteiger partial charge >= 0.3 is 0 Å². The summed E-state index contributed by atoms with van der Waals surface area (Å²) in [5.74, 6) is 1.10. The molecule has 4 nitrogen and oxygen atoms in total. The van der Waals surface area contributed by atoms with Crippen molar-refractivity contribution in [2.75, 3.05) is 27.8 Å². The van der Waals surface area contributed by atoms with Crippen molar-refractivity contribution < 1.29 is 14.6 Å². The highest BCUT2D eigenvalue weighted by Gasteiger charge is 2.16. The predicted octanol–water partition coefficient (Wildman–Crippen LogP) is 2.00. The highest BCUT2D eigenvalue weighted by Crippen LogP contribution is 2.36. The van der Waals surface area contributed by atoms with E-state index in [0.717, 1.165) is 6.54 Å². The Morgan fingerprint density at radius 3 is 2.47 bits per heavy atom. The Morgan fingerprint density at radius 1 is 1.29 bits per heavy atom. The third-order valence-corrected chi connectivity index (χ3v) is 2.83. The number of aliphatic hydroxyl groups is 1. The first-order chi connectivity index (χ1) is 8.13. The van der Waals surface area contributed by atoms with Crippen molar-refractivity contribution in [3.8, 4) is 11.5 Å². The lowest BCUT2D eigenvalue weighted by molar-refractivity contribution is 0.163. The molecule has 0 radical (unpaired) electrons. The van der Waals surface area contributed by atoms with Gasteiger partial charge in [0.1, 0.15) is 11.5 Å². The minimum atomic E-state index is -0.608. The van der Waals surface area contributed by atoms with Crippen LogP contribution in [0.1, 0.15) is 18.1 Å². The molecule has 0 aliphatic heterocycles. The molecule has 0 saturated heterocycles. The lowest BCUT2D eigenvalue weighted by Crippen LogP contribution is -2.12. The van der Waals surface area contributed by atoms with Gasteiger partial charge < -0.3 is 19.9 Å². The molecular formula is C12H18ClNO3. The van der Waals surface area contributed by atoms with Gasteiger partial charge in [0.05, 0.1) is 25.3 Å². The lowest BCUT2D eigenvalue weighted by Gasteiger charge is -2.16. The highest BCUT2D eigenvalue weighted by atomic mass is 35.5. The van der Waals surface area contributed by atoms with Crippen LogP contribution in [0, 0.1) is 0 Å². The summed E-state index contributed by atoms with van der Waals surface area (Å²) in [5, 5.41) is 13.5. The van der Waals surface area contributed by atoms with Gasteiger partial charge in [0.25, 0.3) is 0 Å². The second-order valence-electron chi connectivity index (χ2n) is 3.64. The third kappa shape index (κ3) is 3.49. The number of nitrogens with one attached hydrogen (secondary N) is 1. The first-order valence-corrected chi connectivity index (χ1v) is 5.76. The van der Waals surface area contributed by atoms with Crippen molar-refractivity contribution in [2.24, 2.45) is 0 Å². The van der Waals surface area contributed by atoms with Crippen molar-refractivity contribution in [3.05, 3.63) is 22.7 Å². The molecule has 0 bridgehead atoms. The van der Waals surface area contributed by atoms with Crippen LogP contribution >= 0.6 is 11.6 Å². The predicted molar refractivity (Wildman–Crippen MR) is 68.1 cm³/mol. The van der Waals surface area contributed by atoms with Crippen LogP contribution in [0.4, 0.5) is 0 Å². The molecule has 17 heavy (non-hydrogen) atoms. The maximum absolute atomic E-state index is 10.1. The number of aliphatic hydroxyl groups excluding tert-OH is 1. The summed E-state index contributed by atoms with van der Waals surface area (Å²) in [6.45, 7) is 0.718. The number of halogens is 1. The number of methoxy groups -OCH3 is 2. The molecule has 1 unspecified atom stereocenters. The molecule has 0 aliphatic carbocycles. The van der Waals surface area contributed by atoms with Gasteiger partial charge in [0.15, 0.2) is 0 Å². The molecule has 1 rings (SSSR count).